The van der Waals surface area contributed by atoms with Crippen molar-refractivity contribution >= 4 is 44.6 Å². The van der Waals surface area contributed by atoms with Crippen LogP contribution in [0, 0.1) is 32.1 Å². The molecule has 0 radical (unpaired) electrons. The van der Waals surface area contributed by atoms with Crippen molar-refractivity contribution < 1.29 is 10.2 Å². The largest absolute Gasteiger partial charge is 0.505 e. The number of rotatable bonds is 4. The Morgan fingerprint density at radius 1 is 0.963 bits per heavy atom. The smallest absolute Gasteiger partial charge is 0.249 e. The van der Waals surface area contributed by atoms with Gasteiger partial charge < -0.3 is 10.2 Å². The molecule has 0 bridgehead atoms. The number of aromatic nitrogens is 3. The lowest BCUT2D eigenvalue weighted by Gasteiger charge is -2.06. The van der Waals surface area contributed by atoms with Gasteiger partial charge in [0.15, 0.2) is 5.00 Å². The fourth-order valence-corrected chi connectivity index (χ4v) is 3.17. The van der Waals surface area contributed by atoms with Crippen molar-refractivity contribution in [1.29, 1.82) is 5.26 Å². The molecule has 3 aromatic rings. The Hall–Kier alpha value is -3.30. The van der Waals surface area contributed by atoms with Gasteiger partial charge in [-0.2, -0.15) is 14.0 Å². The monoisotopic (exact) mass is 400 g/mol. The highest BCUT2D eigenvalue weighted by molar-refractivity contribution is 7.10. The van der Waals surface area contributed by atoms with Crippen LogP contribution < -0.4 is 0 Å². The molecule has 27 heavy (non-hydrogen) atoms. The first-order valence-electron chi connectivity index (χ1n) is 7.46. The van der Waals surface area contributed by atoms with Crippen molar-refractivity contribution in [2.24, 2.45) is 20.5 Å². The van der Waals surface area contributed by atoms with E-state index < -0.39 is 0 Å². The number of nitrogens with zero attached hydrogens (tertiary/aromatic N) is 8. The molecule has 0 aliphatic carbocycles. The molecule has 0 saturated carbocycles. The van der Waals surface area contributed by atoms with Gasteiger partial charge in [-0.05, 0) is 32.3 Å². The van der Waals surface area contributed by atoms with Gasteiger partial charge in [0.2, 0.25) is 5.13 Å². The van der Waals surface area contributed by atoms with Gasteiger partial charge in [0.25, 0.3) is 0 Å². The number of aromatic hydroxyl groups is 2. The van der Waals surface area contributed by atoms with Crippen LogP contribution in [0.3, 0.4) is 0 Å². The van der Waals surface area contributed by atoms with E-state index >= 15 is 0 Å². The average molecular weight is 400 g/mol. The minimum absolute atomic E-state index is 0.0719. The standard InChI is InChI=1S/C15H12N8O2S2/c1-6-12(24)10(18-20-14-9(5-16)7(2)22-26-14)4-11(13(6)25)19-21-15-17-8(3)23-27-15/h4,24-25H,1-3H3. The number of benzene rings is 1. The highest BCUT2D eigenvalue weighted by atomic mass is 32.1. The van der Waals surface area contributed by atoms with Crippen LogP contribution in [-0.4, -0.2) is 23.9 Å². The zero-order valence-corrected chi connectivity index (χ0v) is 16.0. The van der Waals surface area contributed by atoms with Crippen LogP contribution in [0.5, 0.6) is 11.5 Å². The van der Waals surface area contributed by atoms with Crippen molar-refractivity contribution in [2.45, 2.75) is 20.8 Å². The summed E-state index contributed by atoms with van der Waals surface area (Å²) in [6.07, 6.45) is 0. The van der Waals surface area contributed by atoms with Gasteiger partial charge >= 0.3 is 0 Å². The molecule has 0 aliphatic rings. The summed E-state index contributed by atoms with van der Waals surface area (Å²) >= 11 is 2.10. The number of hydrogen-bond donors (Lipinski definition) is 2. The highest BCUT2D eigenvalue weighted by Gasteiger charge is 2.15. The summed E-state index contributed by atoms with van der Waals surface area (Å²) in [7, 11) is 0. The van der Waals surface area contributed by atoms with Gasteiger partial charge in [-0.15, -0.1) is 20.5 Å². The minimum atomic E-state index is -0.248. The third kappa shape index (κ3) is 3.78. The zero-order valence-electron chi connectivity index (χ0n) is 14.4. The van der Waals surface area contributed by atoms with E-state index in [9.17, 15) is 10.2 Å². The lowest BCUT2D eigenvalue weighted by molar-refractivity contribution is 0.445. The van der Waals surface area contributed by atoms with Crippen LogP contribution in [0.25, 0.3) is 0 Å². The Kier molecular flexibility index (Phi) is 5.15. The van der Waals surface area contributed by atoms with Crippen LogP contribution in [0.15, 0.2) is 26.5 Å². The van der Waals surface area contributed by atoms with E-state index in [1.54, 1.807) is 13.8 Å². The average Bonchev–Trinajstić information content (AvgIpc) is 3.23. The number of phenolic OH excluding ortho intramolecular Hbond substituents is 2. The molecular formula is C15H12N8O2S2. The maximum atomic E-state index is 10.2. The molecule has 10 nitrogen and oxygen atoms in total. The molecule has 2 heterocycles. The maximum absolute atomic E-state index is 10.2. The Balaban J connectivity index is 1.98. The van der Waals surface area contributed by atoms with Crippen LogP contribution in [-0.2, 0) is 0 Å². The van der Waals surface area contributed by atoms with Crippen molar-refractivity contribution in [3.8, 4) is 17.6 Å². The predicted octanol–water partition coefficient (Wildman–Crippen LogP) is 5.03. The van der Waals surface area contributed by atoms with Crippen LogP contribution in [0.4, 0.5) is 21.5 Å². The quantitative estimate of drug-likeness (QED) is 0.585. The van der Waals surface area contributed by atoms with Crippen molar-refractivity contribution in [2.75, 3.05) is 0 Å². The molecule has 0 unspecified atom stereocenters. The van der Waals surface area contributed by atoms with E-state index in [0.717, 1.165) is 23.1 Å². The first-order chi connectivity index (χ1) is 12.9. The summed E-state index contributed by atoms with van der Waals surface area (Å²) < 4.78 is 8.05. The van der Waals surface area contributed by atoms with Gasteiger partial charge in [-0.25, -0.2) is 4.98 Å². The van der Waals surface area contributed by atoms with Crippen molar-refractivity contribution in [3.05, 3.63) is 28.7 Å². The van der Waals surface area contributed by atoms with Gasteiger partial charge in [0, 0.05) is 23.2 Å². The van der Waals surface area contributed by atoms with E-state index in [1.807, 2.05) is 6.07 Å². The first-order valence-corrected chi connectivity index (χ1v) is 9.01. The summed E-state index contributed by atoms with van der Waals surface area (Å²) in [4.78, 5) is 4.05. The number of azo groups is 2. The van der Waals surface area contributed by atoms with E-state index in [0.29, 0.717) is 27.2 Å². The Labute approximate surface area is 161 Å². The molecule has 136 valence electrons. The van der Waals surface area contributed by atoms with Gasteiger partial charge in [0.05, 0.1) is 5.69 Å². The molecule has 2 N–H and O–H groups in total. The predicted molar refractivity (Wildman–Crippen MR) is 99.1 cm³/mol. The fraction of sp³-hybridized carbons (Fsp3) is 0.200. The SMILES string of the molecule is Cc1nsc(N=Nc2cc(N=Nc3snc(C)c3C#N)c(O)c(C)c2O)n1. The summed E-state index contributed by atoms with van der Waals surface area (Å²) in [6.45, 7) is 4.94. The summed E-state index contributed by atoms with van der Waals surface area (Å²) in [5.74, 6) is 0.0900. The Morgan fingerprint density at radius 3 is 2.22 bits per heavy atom. The molecule has 2 aromatic heterocycles. The lowest BCUT2D eigenvalue weighted by atomic mass is 10.1. The summed E-state index contributed by atoms with van der Waals surface area (Å²) in [5, 5.41) is 46.0. The first kappa shape index (κ1) is 18.5. The summed E-state index contributed by atoms with van der Waals surface area (Å²) in [5.41, 5.74) is 1.22. The van der Waals surface area contributed by atoms with E-state index in [2.05, 4.69) is 34.2 Å². The number of nitriles is 1. The highest BCUT2D eigenvalue weighted by Crippen LogP contribution is 2.44. The topological polar surface area (TPSA) is 152 Å². The fourth-order valence-electron chi connectivity index (χ4n) is 1.99. The lowest BCUT2D eigenvalue weighted by Crippen LogP contribution is -1.79. The second-order valence-electron chi connectivity index (χ2n) is 5.32. The zero-order chi connectivity index (χ0) is 19.6. The molecular weight excluding hydrogens is 388 g/mol. The van der Waals surface area contributed by atoms with Crippen LogP contribution in [0.1, 0.15) is 22.6 Å². The third-order valence-corrected chi connectivity index (χ3v) is 4.95. The maximum Gasteiger partial charge on any atom is 0.249 e. The molecule has 0 amide bonds. The van der Waals surface area contributed by atoms with E-state index in [-0.39, 0.29) is 28.4 Å². The molecule has 0 saturated heterocycles. The summed E-state index contributed by atoms with van der Waals surface area (Å²) in [6, 6.07) is 3.35. The van der Waals surface area contributed by atoms with Crippen LogP contribution in [0.2, 0.25) is 0 Å². The Morgan fingerprint density at radius 2 is 1.63 bits per heavy atom. The molecule has 1 aromatic carbocycles. The molecule has 0 spiro atoms. The molecule has 3 rings (SSSR count). The number of aryl methyl sites for hydroxylation is 2. The normalized spacial score (nSPS) is 11.5. The molecule has 0 aliphatic heterocycles. The van der Waals surface area contributed by atoms with E-state index in [4.69, 9.17) is 5.26 Å². The second-order valence-corrected chi connectivity index (χ2v) is 6.80. The molecule has 12 heteroatoms. The molecule has 0 atom stereocenters. The van der Waals surface area contributed by atoms with Gasteiger partial charge in [-0.1, -0.05) is 0 Å². The molecule has 0 fully saturated rings. The van der Waals surface area contributed by atoms with Gasteiger partial charge in [-0.3, -0.25) is 0 Å². The Bertz CT molecular complexity index is 1110. The van der Waals surface area contributed by atoms with Crippen molar-refractivity contribution in [1.82, 2.24) is 13.7 Å². The van der Waals surface area contributed by atoms with E-state index in [1.165, 1.54) is 13.0 Å². The number of hydrogen-bond acceptors (Lipinski definition) is 12. The minimum Gasteiger partial charge on any atom is -0.505 e. The third-order valence-electron chi connectivity index (χ3n) is 3.43. The van der Waals surface area contributed by atoms with Gasteiger partial charge in [0.1, 0.15) is 40.3 Å². The second kappa shape index (κ2) is 7.52. The number of phenols is 2. The van der Waals surface area contributed by atoms with Crippen molar-refractivity contribution in [3.63, 3.8) is 0 Å². The van der Waals surface area contributed by atoms with Crippen LogP contribution >= 0.6 is 23.1 Å².